The van der Waals surface area contributed by atoms with Gasteiger partial charge in [-0.3, -0.25) is 9.59 Å². The molecule has 0 bridgehead atoms. The number of nitrogens with zero attached hydrogens (tertiary/aromatic N) is 1. The summed E-state index contributed by atoms with van der Waals surface area (Å²) >= 11 is 2.92. The highest BCUT2D eigenvalue weighted by Gasteiger charge is 2.34. The molecule has 1 aromatic heterocycles. The highest BCUT2D eigenvalue weighted by molar-refractivity contribution is 7.99. The van der Waals surface area contributed by atoms with Gasteiger partial charge in [-0.15, -0.1) is 0 Å². The second kappa shape index (κ2) is 16.0. The van der Waals surface area contributed by atoms with E-state index in [2.05, 4.69) is 62.2 Å². The van der Waals surface area contributed by atoms with Crippen LogP contribution in [0.2, 0.25) is 0 Å². The van der Waals surface area contributed by atoms with E-state index in [-0.39, 0.29) is 11.6 Å². The van der Waals surface area contributed by atoms with Gasteiger partial charge in [0.25, 0.3) is 0 Å². The van der Waals surface area contributed by atoms with Gasteiger partial charge in [0.05, 0.1) is 6.61 Å². The Morgan fingerprint density at radius 2 is 1.31 bits per heavy atom. The first-order valence-corrected chi connectivity index (χ1v) is 20.0. The van der Waals surface area contributed by atoms with E-state index in [4.69, 9.17) is 4.74 Å². The number of aromatic nitrogens is 1. The third-order valence-electron chi connectivity index (χ3n) is 10.4. The largest absolute Gasteiger partial charge is 0.493 e. The molecule has 0 radical (unpaired) electrons. The van der Waals surface area contributed by atoms with Crippen molar-refractivity contribution >= 4 is 35.1 Å². The Bertz CT molecular complexity index is 2010. The van der Waals surface area contributed by atoms with Gasteiger partial charge >= 0.3 is 0 Å². The first kappa shape index (κ1) is 35.3. The molecule has 0 saturated heterocycles. The van der Waals surface area contributed by atoms with Crippen molar-refractivity contribution in [1.82, 2.24) is 4.98 Å². The first-order valence-electron chi connectivity index (χ1n) is 18.4. The van der Waals surface area contributed by atoms with Crippen LogP contribution < -0.4 is 4.74 Å². The smallest absolute Gasteiger partial charge is 0.195 e. The van der Waals surface area contributed by atoms with Crippen molar-refractivity contribution in [2.75, 3.05) is 6.61 Å². The number of carbonyl (C=O) groups excluding carboxylic acids is 2. The highest BCUT2D eigenvalue weighted by atomic mass is 32.2. The molecule has 7 rings (SSSR count). The molecule has 4 aromatic carbocycles. The number of fused-ring (bicyclic) bond motifs is 2. The SMILES string of the molecule is CCCCCC1CCC(COc2c(C)cc(-c3ccc(Sc4cccc5c4C(=O)c4cccc(Sc6ccccn6)c4C5=O)cc3)cc2C)CC1. The standard InChI is InChI=1S/C45H45NO3S2/c1-4-5-6-11-31-17-19-32(20-18-31)28-49-45-29(2)26-34(27-30(45)3)33-21-23-35(24-22-33)50-38-14-9-12-36-41(38)43(47)37-13-10-15-39(42(37)44(36)48)51-40-16-7-8-25-46-40/h7-10,12-16,21-27,31-32H,4-6,11,17-20,28H2,1-3H3. The van der Waals surface area contributed by atoms with E-state index in [1.165, 1.54) is 74.9 Å². The van der Waals surface area contributed by atoms with Crippen molar-refractivity contribution in [2.24, 2.45) is 11.8 Å². The van der Waals surface area contributed by atoms with Crippen LogP contribution in [0.1, 0.15) is 101 Å². The van der Waals surface area contributed by atoms with E-state index >= 15 is 0 Å². The number of ether oxygens (including phenoxy) is 1. The summed E-state index contributed by atoms with van der Waals surface area (Å²) in [6, 6.07) is 29.7. The molecule has 1 heterocycles. The summed E-state index contributed by atoms with van der Waals surface area (Å²) in [5.74, 6) is 2.35. The van der Waals surface area contributed by atoms with E-state index in [1.807, 2.05) is 42.5 Å². The Balaban J connectivity index is 1.03. The van der Waals surface area contributed by atoms with Gasteiger partial charge in [0.2, 0.25) is 0 Å². The maximum Gasteiger partial charge on any atom is 0.195 e. The maximum absolute atomic E-state index is 14.0. The zero-order valence-electron chi connectivity index (χ0n) is 29.7. The molecule has 51 heavy (non-hydrogen) atoms. The molecule has 0 aliphatic heterocycles. The van der Waals surface area contributed by atoms with Crippen LogP contribution in [0.3, 0.4) is 0 Å². The summed E-state index contributed by atoms with van der Waals surface area (Å²) in [5, 5.41) is 0.778. The van der Waals surface area contributed by atoms with Gasteiger partial charge in [-0.1, -0.05) is 111 Å². The number of pyridine rings is 1. The van der Waals surface area contributed by atoms with Gasteiger partial charge in [0.1, 0.15) is 10.8 Å². The van der Waals surface area contributed by atoms with Crippen LogP contribution >= 0.6 is 23.5 Å². The molecule has 2 aliphatic carbocycles. The number of rotatable bonds is 12. The van der Waals surface area contributed by atoms with Gasteiger partial charge in [-0.2, -0.15) is 0 Å². The van der Waals surface area contributed by atoms with Crippen molar-refractivity contribution in [2.45, 2.75) is 91.9 Å². The third-order valence-corrected chi connectivity index (χ3v) is 12.4. The zero-order valence-corrected chi connectivity index (χ0v) is 31.4. The van der Waals surface area contributed by atoms with Gasteiger partial charge < -0.3 is 4.74 Å². The number of benzene rings is 4. The molecule has 4 nitrogen and oxygen atoms in total. The Hall–Kier alpha value is -4.13. The Kier molecular flexibility index (Phi) is 11.1. The minimum Gasteiger partial charge on any atom is -0.493 e. The molecule has 0 atom stereocenters. The van der Waals surface area contributed by atoms with Crippen LogP contribution in [0.4, 0.5) is 0 Å². The lowest BCUT2D eigenvalue weighted by molar-refractivity contribution is 0.0974. The quantitative estimate of drug-likeness (QED) is 0.118. The maximum atomic E-state index is 14.0. The molecule has 1 fully saturated rings. The van der Waals surface area contributed by atoms with Gasteiger partial charge in [0, 0.05) is 43.1 Å². The van der Waals surface area contributed by atoms with E-state index in [1.54, 1.807) is 18.3 Å². The minimum atomic E-state index is -0.125. The van der Waals surface area contributed by atoms with Crippen molar-refractivity contribution < 1.29 is 14.3 Å². The molecular formula is C45H45NO3S2. The van der Waals surface area contributed by atoms with Crippen LogP contribution in [0, 0.1) is 25.7 Å². The number of hydrogen-bond donors (Lipinski definition) is 0. The van der Waals surface area contributed by atoms with Gasteiger partial charge in [0.15, 0.2) is 11.6 Å². The average molecular weight is 712 g/mol. The normalized spacial score (nSPS) is 16.8. The fraction of sp³-hybridized carbons (Fsp3) is 0.311. The molecule has 5 aromatic rings. The van der Waals surface area contributed by atoms with Gasteiger partial charge in [-0.05, 0) is 109 Å². The molecule has 0 unspecified atom stereocenters. The van der Waals surface area contributed by atoms with E-state index in [0.717, 1.165) is 60.2 Å². The van der Waals surface area contributed by atoms with E-state index in [9.17, 15) is 9.59 Å². The number of ketones is 2. The molecule has 6 heteroatoms. The van der Waals surface area contributed by atoms with Crippen LogP contribution in [0.5, 0.6) is 5.75 Å². The third kappa shape index (κ3) is 7.88. The Morgan fingerprint density at radius 1 is 0.686 bits per heavy atom. The summed E-state index contributed by atoms with van der Waals surface area (Å²) in [6.07, 6.45) is 12.5. The molecule has 260 valence electrons. The second-order valence-corrected chi connectivity index (χ2v) is 16.2. The number of aryl methyl sites for hydroxylation is 2. The van der Waals surface area contributed by atoms with Gasteiger partial charge in [-0.25, -0.2) is 4.98 Å². The summed E-state index contributed by atoms with van der Waals surface area (Å²) < 4.78 is 6.48. The number of unbranched alkanes of at least 4 members (excludes halogenated alkanes) is 2. The number of carbonyl (C=O) groups is 2. The fourth-order valence-corrected chi connectivity index (χ4v) is 9.54. The lowest BCUT2D eigenvalue weighted by atomic mass is 9.80. The Labute approximate surface area is 310 Å². The topological polar surface area (TPSA) is 56.3 Å². The molecule has 0 spiro atoms. The fourth-order valence-electron chi connectivity index (χ4n) is 7.63. The molecule has 0 amide bonds. The van der Waals surface area contributed by atoms with Crippen LogP contribution in [-0.4, -0.2) is 23.2 Å². The lowest BCUT2D eigenvalue weighted by Crippen LogP contribution is -2.22. The molecular weight excluding hydrogens is 667 g/mol. The van der Waals surface area contributed by atoms with Crippen molar-refractivity contribution in [3.8, 4) is 16.9 Å². The molecule has 1 saturated carbocycles. The van der Waals surface area contributed by atoms with Crippen LogP contribution in [-0.2, 0) is 0 Å². The molecule has 2 aliphatic rings. The predicted octanol–water partition coefficient (Wildman–Crippen LogP) is 12.2. The first-order chi connectivity index (χ1) is 24.9. The summed E-state index contributed by atoms with van der Waals surface area (Å²) in [4.78, 5) is 34.8. The lowest BCUT2D eigenvalue weighted by Gasteiger charge is -2.29. The van der Waals surface area contributed by atoms with Crippen molar-refractivity contribution in [3.63, 3.8) is 0 Å². The predicted molar refractivity (Wildman–Crippen MR) is 209 cm³/mol. The van der Waals surface area contributed by atoms with E-state index < -0.39 is 0 Å². The monoisotopic (exact) mass is 711 g/mol. The van der Waals surface area contributed by atoms with Crippen molar-refractivity contribution in [1.29, 1.82) is 0 Å². The Morgan fingerprint density at radius 3 is 1.92 bits per heavy atom. The summed E-state index contributed by atoms with van der Waals surface area (Å²) in [5.41, 5.74) is 6.45. The average Bonchev–Trinajstić information content (AvgIpc) is 3.15. The van der Waals surface area contributed by atoms with Crippen LogP contribution in [0.25, 0.3) is 11.1 Å². The zero-order chi connectivity index (χ0) is 35.3. The summed E-state index contributed by atoms with van der Waals surface area (Å²) in [6.45, 7) is 7.39. The second-order valence-electron chi connectivity index (χ2n) is 14.0. The molecule has 0 N–H and O–H groups in total. The number of hydrogen-bond acceptors (Lipinski definition) is 6. The van der Waals surface area contributed by atoms with Crippen LogP contribution in [0.15, 0.2) is 117 Å². The minimum absolute atomic E-state index is 0.119. The highest BCUT2D eigenvalue weighted by Crippen LogP contribution is 2.42. The van der Waals surface area contributed by atoms with Crippen molar-refractivity contribution in [3.05, 3.63) is 131 Å². The van der Waals surface area contributed by atoms with E-state index in [0.29, 0.717) is 28.2 Å². The summed E-state index contributed by atoms with van der Waals surface area (Å²) in [7, 11) is 0.